The third kappa shape index (κ3) is 7.11. The first-order valence-corrected chi connectivity index (χ1v) is 12.4. The Bertz CT molecular complexity index is 1180. The molecule has 3 aromatic rings. The van der Waals surface area contributed by atoms with Gasteiger partial charge >= 0.3 is 6.09 Å². The van der Waals surface area contributed by atoms with Crippen molar-refractivity contribution in [2.24, 2.45) is 0 Å². The Morgan fingerprint density at radius 2 is 2.03 bits per heavy atom. The first-order chi connectivity index (χ1) is 16.9. The van der Waals surface area contributed by atoms with E-state index in [1.165, 1.54) is 5.57 Å². The number of rotatable bonds is 9. The van der Waals surface area contributed by atoms with Gasteiger partial charge in [-0.05, 0) is 51.7 Å². The number of hydrogen-bond donors (Lipinski definition) is 1. The largest absolute Gasteiger partial charge is 0.444 e. The van der Waals surface area contributed by atoms with Crippen LogP contribution in [0.4, 0.5) is 4.79 Å². The molecular formula is C27H35N5O3. The molecule has 0 fully saturated rings. The zero-order valence-electron chi connectivity index (χ0n) is 20.9. The van der Waals surface area contributed by atoms with Gasteiger partial charge in [-0.15, -0.1) is 0 Å². The molecule has 2 aromatic heterocycles. The summed E-state index contributed by atoms with van der Waals surface area (Å²) in [5.41, 5.74) is 5.56. The Balaban J connectivity index is 1.28. The number of ether oxygens (including phenoxy) is 2. The highest BCUT2D eigenvalue weighted by Crippen LogP contribution is 2.28. The van der Waals surface area contributed by atoms with Crippen LogP contribution in [0.25, 0.3) is 27.9 Å². The Morgan fingerprint density at radius 3 is 2.83 bits per heavy atom. The van der Waals surface area contributed by atoms with Crippen LogP contribution in [-0.2, 0) is 16.0 Å². The van der Waals surface area contributed by atoms with Crippen LogP contribution in [0.1, 0.15) is 58.4 Å². The second kappa shape index (κ2) is 11.4. The van der Waals surface area contributed by atoms with Crippen LogP contribution in [0.5, 0.6) is 0 Å². The minimum Gasteiger partial charge on any atom is -0.444 e. The number of para-hydroxylation sites is 1. The molecule has 35 heavy (non-hydrogen) atoms. The summed E-state index contributed by atoms with van der Waals surface area (Å²) in [6.07, 6.45) is 12.5. The molecule has 8 heteroatoms. The van der Waals surface area contributed by atoms with Gasteiger partial charge in [0.25, 0.3) is 0 Å². The molecule has 8 nitrogen and oxygen atoms in total. The van der Waals surface area contributed by atoms with Crippen molar-refractivity contribution in [3.05, 3.63) is 48.4 Å². The van der Waals surface area contributed by atoms with Crippen molar-refractivity contribution in [2.75, 3.05) is 19.8 Å². The van der Waals surface area contributed by atoms with E-state index in [2.05, 4.69) is 27.5 Å². The maximum absolute atomic E-state index is 11.7. The van der Waals surface area contributed by atoms with Gasteiger partial charge in [0.05, 0.1) is 42.3 Å². The Kier molecular flexibility index (Phi) is 8.13. The third-order valence-electron chi connectivity index (χ3n) is 5.79. The fourth-order valence-corrected chi connectivity index (χ4v) is 4.08. The van der Waals surface area contributed by atoms with Crippen molar-refractivity contribution in [3.8, 4) is 11.3 Å². The van der Waals surface area contributed by atoms with Crippen LogP contribution >= 0.6 is 0 Å². The van der Waals surface area contributed by atoms with Gasteiger partial charge in [0, 0.05) is 30.4 Å². The van der Waals surface area contributed by atoms with E-state index in [4.69, 9.17) is 14.5 Å². The Hall–Kier alpha value is -3.26. The average molecular weight is 478 g/mol. The molecule has 1 N–H and O–H groups in total. The molecular weight excluding hydrogens is 442 g/mol. The first-order valence-electron chi connectivity index (χ1n) is 12.4. The van der Waals surface area contributed by atoms with Gasteiger partial charge in [-0.1, -0.05) is 31.1 Å². The molecule has 1 aliphatic rings. The quantitative estimate of drug-likeness (QED) is 0.416. The summed E-state index contributed by atoms with van der Waals surface area (Å²) in [7, 11) is 0. The van der Waals surface area contributed by atoms with Crippen molar-refractivity contribution >= 4 is 22.7 Å². The molecule has 186 valence electrons. The number of nitrogens with one attached hydrogen (secondary N) is 1. The van der Waals surface area contributed by atoms with Crippen LogP contribution in [0.2, 0.25) is 0 Å². The zero-order valence-corrected chi connectivity index (χ0v) is 20.9. The van der Waals surface area contributed by atoms with E-state index in [0.717, 1.165) is 73.1 Å². The van der Waals surface area contributed by atoms with E-state index in [1.807, 2.05) is 56.2 Å². The number of fused-ring (bicyclic) bond motifs is 1. The molecule has 1 aliphatic heterocycles. The van der Waals surface area contributed by atoms with Crippen LogP contribution < -0.4 is 5.32 Å². The van der Waals surface area contributed by atoms with Gasteiger partial charge in [-0.25, -0.2) is 9.78 Å². The van der Waals surface area contributed by atoms with Crippen LogP contribution in [0, 0.1) is 0 Å². The van der Waals surface area contributed by atoms with E-state index < -0.39 is 5.60 Å². The Morgan fingerprint density at radius 1 is 1.17 bits per heavy atom. The van der Waals surface area contributed by atoms with Crippen LogP contribution in [0.3, 0.4) is 0 Å². The van der Waals surface area contributed by atoms with Crippen molar-refractivity contribution in [1.82, 2.24) is 25.1 Å². The number of unbranched alkanes of at least 4 members (excludes halogenated alkanes) is 3. The van der Waals surface area contributed by atoms with E-state index in [9.17, 15) is 4.79 Å². The fraction of sp³-hybridized carbons (Fsp3) is 0.481. The van der Waals surface area contributed by atoms with Crippen molar-refractivity contribution < 1.29 is 14.3 Å². The second-order valence-electron chi connectivity index (χ2n) is 9.82. The summed E-state index contributed by atoms with van der Waals surface area (Å²) in [5.74, 6) is 0. The molecule has 0 bridgehead atoms. The lowest BCUT2D eigenvalue weighted by Crippen LogP contribution is -2.32. The van der Waals surface area contributed by atoms with E-state index in [0.29, 0.717) is 13.2 Å². The number of aromatic nitrogens is 4. The lowest BCUT2D eigenvalue weighted by Gasteiger charge is -2.19. The molecule has 1 aromatic carbocycles. The predicted octanol–water partition coefficient (Wildman–Crippen LogP) is 5.38. The molecule has 0 aliphatic carbocycles. The third-order valence-corrected chi connectivity index (χ3v) is 5.79. The molecule has 0 unspecified atom stereocenters. The molecule has 3 heterocycles. The topological polar surface area (TPSA) is 91.2 Å². The molecule has 4 rings (SSSR count). The van der Waals surface area contributed by atoms with Gasteiger partial charge in [0.1, 0.15) is 5.60 Å². The number of alkyl carbamates (subject to hydrolysis) is 1. The number of benzene rings is 1. The SMILES string of the molecule is CC(C)(C)OC(=O)NCCCCCCn1cc(-c2cnc3cccc(C4=CCOCC4)c3n2)cn1. The summed E-state index contributed by atoms with van der Waals surface area (Å²) in [5, 5.41) is 7.33. The summed E-state index contributed by atoms with van der Waals surface area (Å²) in [6, 6.07) is 6.15. The van der Waals surface area contributed by atoms with Crippen molar-refractivity contribution in [2.45, 2.75) is 65.0 Å². The fourth-order valence-electron chi connectivity index (χ4n) is 4.08. The van der Waals surface area contributed by atoms with Crippen LogP contribution in [0.15, 0.2) is 42.9 Å². The van der Waals surface area contributed by atoms with Gasteiger partial charge in [-0.2, -0.15) is 5.10 Å². The number of hydrogen-bond acceptors (Lipinski definition) is 6. The number of carbonyl (C=O) groups excluding carboxylic acids is 1. The number of nitrogens with zero attached hydrogens (tertiary/aromatic N) is 4. The summed E-state index contributed by atoms with van der Waals surface area (Å²) < 4.78 is 12.7. The van der Waals surface area contributed by atoms with Gasteiger partial charge < -0.3 is 14.8 Å². The second-order valence-corrected chi connectivity index (χ2v) is 9.82. The monoisotopic (exact) mass is 477 g/mol. The van der Waals surface area contributed by atoms with Gasteiger partial charge in [0.15, 0.2) is 0 Å². The molecule has 0 saturated carbocycles. The molecule has 0 saturated heterocycles. The average Bonchev–Trinajstić information content (AvgIpc) is 3.31. The molecule has 0 radical (unpaired) electrons. The molecule has 1 amide bonds. The number of aryl methyl sites for hydroxylation is 1. The van der Waals surface area contributed by atoms with Crippen LogP contribution in [-0.4, -0.2) is 51.2 Å². The highest BCUT2D eigenvalue weighted by atomic mass is 16.6. The zero-order chi connectivity index (χ0) is 24.7. The number of amides is 1. The lowest BCUT2D eigenvalue weighted by molar-refractivity contribution is 0.0527. The summed E-state index contributed by atoms with van der Waals surface area (Å²) >= 11 is 0. The highest BCUT2D eigenvalue weighted by Gasteiger charge is 2.15. The lowest BCUT2D eigenvalue weighted by atomic mass is 10.00. The Labute approximate surface area is 206 Å². The summed E-state index contributed by atoms with van der Waals surface area (Å²) in [6.45, 7) is 8.45. The standard InChI is InChI=1S/C27H35N5O3/c1-27(2,3)35-26(33)28-13-6-4-5-7-14-32-19-21(17-30-32)24-18-29-23-10-8-9-22(25(23)31-24)20-11-15-34-16-12-20/h8-11,17-19H,4-7,12-16H2,1-3H3,(H,28,33). The minimum absolute atomic E-state index is 0.352. The number of carbonyl (C=O) groups is 1. The highest BCUT2D eigenvalue weighted by molar-refractivity contribution is 5.90. The maximum atomic E-state index is 11.7. The van der Waals surface area contributed by atoms with E-state index in [-0.39, 0.29) is 6.09 Å². The van der Waals surface area contributed by atoms with Gasteiger partial charge in [0.2, 0.25) is 0 Å². The van der Waals surface area contributed by atoms with Crippen molar-refractivity contribution in [3.63, 3.8) is 0 Å². The maximum Gasteiger partial charge on any atom is 0.407 e. The minimum atomic E-state index is -0.462. The smallest absolute Gasteiger partial charge is 0.407 e. The predicted molar refractivity (Wildman–Crippen MR) is 137 cm³/mol. The van der Waals surface area contributed by atoms with Gasteiger partial charge in [-0.3, -0.25) is 9.67 Å². The summed E-state index contributed by atoms with van der Waals surface area (Å²) in [4.78, 5) is 21.3. The normalized spacial score (nSPS) is 14.1. The first kappa shape index (κ1) is 24.9. The van der Waals surface area contributed by atoms with E-state index >= 15 is 0 Å². The van der Waals surface area contributed by atoms with E-state index in [1.54, 1.807) is 0 Å². The van der Waals surface area contributed by atoms with Crippen molar-refractivity contribution in [1.29, 1.82) is 0 Å². The molecule has 0 spiro atoms. The molecule has 0 atom stereocenters.